The summed E-state index contributed by atoms with van der Waals surface area (Å²) < 4.78 is 22.9. The van der Waals surface area contributed by atoms with E-state index in [-0.39, 0.29) is 13.2 Å². The smallest absolute Gasteiger partial charge is 0.308 e. The third-order valence-corrected chi connectivity index (χ3v) is 4.45. The predicted octanol–water partition coefficient (Wildman–Crippen LogP) is 3.52. The molecular weight excluding hydrogens is 237 g/mol. The molecule has 0 aliphatic carbocycles. The van der Waals surface area contributed by atoms with Crippen LogP contribution in [-0.2, 0) is 13.6 Å². The maximum absolute atomic E-state index is 12.5. The zero-order valence-corrected chi connectivity index (χ0v) is 10.9. The van der Waals surface area contributed by atoms with Gasteiger partial charge in [0.05, 0.1) is 19.3 Å². The first-order chi connectivity index (χ1) is 8.18. The van der Waals surface area contributed by atoms with Crippen LogP contribution in [0.15, 0.2) is 30.3 Å². The van der Waals surface area contributed by atoms with Gasteiger partial charge in [0.25, 0.3) is 0 Å². The zero-order valence-electron chi connectivity index (χ0n) is 10.00. The van der Waals surface area contributed by atoms with E-state index < -0.39 is 13.3 Å². The summed E-state index contributed by atoms with van der Waals surface area (Å²) in [5.74, 6) is 0. The van der Waals surface area contributed by atoms with E-state index in [1.165, 1.54) is 0 Å². The molecule has 0 aromatic heterocycles. The second-order valence-corrected chi connectivity index (χ2v) is 5.43. The summed E-state index contributed by atoms with van der Waals surface area (Å²) >= 11 is 0. The summed E-state index contributed by atoms with van der Waals surface area (Å²) in [4.78, 5) is 0. The van der Waals surface area contributed by atoms with Crippen molar-refractivity contribution in [1.82, 2.24) is 0 Å². The Morgan fingerprint density at radius 1 is 1.24 bits per heavy atom. The van der Waals surface area contributed by atoms with Gasteiger partial charge in [0.1, 0.15) is 0 Å². The van der Waals surface area contributed by atoms with Crippen LogP contribution in [0.4, 0.5) is 0 Å². The van der Waals surface area contributed by atoms with Crippen molar-refractivity contribution < 1.29 is 13.6 Å². The highest BCUT2D eigenvalue weighted by atomic mass is 31.2. The quantitative estimate of drug-likeness (QED) is 0.728. The Bertz CT molecular complexity index is 417. The first-order valence-electron chi connectivity index (χ1n) is 5.51. The van der Waals surface area contributed by atoms with Crippen molar-refractivity contribution in [3.63, 3.8) is 0 Å². The van der Waals surface area contributed by atoms with Crippen molar-refractivity contribution in [3.8, 4) is 6.07 Å². The maximum Gasteiger partial charge on any atom is 0.352 e. The van der Waals surface area contributed by atoms with Crippen molar-refractivity contribution in [2.45, 2.75) is 19.5 Å². The Kier molecular flexibility index (Phi) is 5.37. The van der Waals surface area contributed by atoms with Gasteiger partial charge in [0.15, 0.2) is 5.66 Å². The average molecular weight is 253 g/mol. The fourth-order valence-corrected chi connectivity index (χ4v) is 3.28. The van der Waals surface area contributed by atoms with E-state index in [1.807, 2.05) is 12.1 Å². The molecule has 0 aliphatic rings. The molecule has 0 aliphatic heterocycles. The molecule has 0 heterocycles. The van der Waals surface area contributed by atoms with Crippen LogP contribution in [0.1, 0.15) is 25.1 Å². The normalized spacial score (nSPS) is 13.0. The Labute approximate surface area is 102 Å². The van der Waals surface area contributed by atoms with Gasteiger partial charge < -0.3 is 9.05 Å². The summed E-state index contributed by atoms with van der Waals surface area (Å²) in [5.41, 5.74) is -0.219. The van der Waals surface area contributed by atoms with E-state index in [0.29, 0.717) is 5.56 Å². The van der Waals surface area contributed by atoms with Gasteiger partial charge in [0.2, 0.25) is 0 Å². The molecule has 0 amide bonds. The Morgan fingerprint density at radius 2 is 1.76 bits per heavy atom. The van der Waals surface area contributed by atoms with Crippen LogP contribution in [-0.4, -0.2) is 13.2 Å². The Balaban J connectivity index is 3.07. The number of hydrogen-bond acceptors (Lipinski definition) is 4. The number of nitriles is 1. The van der Waals surface area contributed by atoms with Crippen molar-refractivity contribution >= 4 is 7.60 Å². The standard InChI is InChI=1S/C12H16NO3P/c1-3-15-17(14,16-4-2)12(10-13)11-8-6-5-7-9-11/h5-9,12H,3-4H2,1-2H3. The first-order valence-corrected chi connectivity index (χ1v) is 7.12. The summed E-state index contributed by atoms with van der Waals surface area (Å²) in [6, 6.07) is 10.9. The molecule has 0 fully saturated rings. The molecule has 1 rings (SSSR count). The van der Waals surface area contributed by atoms with Crippen LogP contribution in [0.3, 0.4) is 0 Å². The molecule has 1 atom stereocenters. The number of nitrogens with zero attached hydrogens (tertiary/aromatic N) is 1. The van der Waals surface area contributed by atoms with Gasteiger partial charge in [-0.05, 0) is 19.4 Å². The van der Waals surface area contributed by atoms with Gasteiger partial charge in [-0.25, -0.2) is 0 Å². The second-order valence-electron chi connectivity index (χ2n) is 3.32. The minimum Gasteiger partial charge on any atom is -0.308 e. The largest absolute Gasteiger partial charge is 0.352 e. The fourth-order valence-electron chi connectivity index (χ4n) is 1.51. The summed E-state index contributed by atoms with van der Waals surface area (Å²) in [5, 5.41) is 9.19. The average Bonchev–Trinajstić information content (AvgIpc) is 2.31. The molecule has 0 saturated carbocycles. The third kappa shape index (κ3) is 3.41. The van der Waals surface area contributed by atoms with Crippen molar-refractivity contribution in [3.05, 3.63) is 35.9 Å². The van der Waals surface area contributed by atoms with E-state index in [1.54, 1.807) is 38.1 Å². The molecule has 0 saturated heterocycles. The molecule has 4 nitrogen and oxygen atoms in total. The minimum absolute atomic E-state index is 0.252. The number of rotatable bonds is 6. The van der Waals surface area contributed by atoms with E-state index in [4.69, 9.17) is 9.05 Å². The van der Waals surface area contributed by atoms with Gasteiger partial charge in [-0.3, -0.25) is 4.57 Å². The Hall–Kier alpha value is -1.14. The molecule has 1 aromatic rings. The fraction of sp³-hybridized carbons (Fsp3) is 0.417. The lowest BCUT2D eigenvalue weighted by atomic mass is 10.2. The molecule has 0 spiro atoms. The summed E-state index contributed by atoms with van der Waals surface area (Å²) in [7, 11) is -3.41. The van der Waals surface area contributed by atoms with Gasteiger partial charge in [-0.1, -0.05) is 30.3 Å². The molecule has 92 valence electrons. The third-order valence-electron chi connectivity index (χ3n) is 2.17. The SMILES string of the molecule is CCOP(=O)(OCC)C(C#N)c1ccccc1. The second kappa shape index (κ2) is 6.56. The van der Waals surface area contributed by atoms with Crippen LogP contribution in [0.5, 0.6) is 0 Å². The molecule has 1 unspecified atom stereocenters. The summed E-state index contributed by atoms with van der Waals surface area (Å²) in [6.45, 7) is 3.96. The lowest BCUT2D eigenvalue weighted by Gasteiger charge is -2.21. The summed E-state index contributed by atoms with van der Waals surface area (Å²) in [6.07, 6.45) is 0. The highest BCUT2D eigenvalue weighted by molar-refractivity contribution is 7.54. The van der Waals surface area contributed by atoms with Crippen LogP contribution in [0.2, 0.25) is 0 Å². The van der Waals surface area contributed by atoms with Crippen LogP contribution in [0, 0.1) is 11.3 Å². The van der Waals surface area contributed by atoms with E-state index >= 15 is 0 Å². The van der Waals surface area contributed by atoms with Crippen LogP contribution in [0.25, 0.3) is 0 Å². The highest BCUT2D eigenvalue weighted by Gasteiger charge is 2.36. The zero-order chi connectivity index (χ0) is 12.7. The van der Waals surface area contributed by atoms with E-state index in [2.05, 4.69) is 0 Å². The molecule has 5 heteroatoms. The molecule has 17 heavy (non-hydrogen) atoms. The maximum atomic E-state index is 12.5. The lowest BCUT2D eigenvalue weighted by Crippen LogP contribution is -2.05. The van der Waals surface area contributed by atoms with Crippen LogP contribution >= 0.6 is 7.60 Å². The molecule has 0 N–H and O–H groups in total. The first kappa shape index (κ1) is 13.9. The molecule has 1 aromatic carbocycles. The number of hydrogen-bond donors (Lipinski definition) is 0. The van der Waals surface area contributed by atoms with E-state index in [0.717, 1.165) is 0 Å². The van der Waals surface area contributed by atoms with Crippen LogP contribution < -0.4 is 0 Å². The van der Waals surface area contributed by atoms with Gasteiger partial charge in [-0.15, -0.1) is 0 Å². The van der Waals surface area contributed by atoms with Crippen molar-refractivity contribution in [2.75, 3.05) is 13.2 Å². The van der Waals surface area contributed by atoms with Gasteiger partial charge in [-0.2, -0.15) is 5.26 Å². The molecular formula is C12H16NO3P. The van der Waals surface area contributed by atoms with Crippen molar-refractivity contribution in [1.29, 1.82) is 5.26 Å². The topological polar surface area (TPSA) is 59.3 Å². The monoisotopic (exact) mass is 253 g/mol. The van der Waals surface area contributed by atoms with Gasteiger partial charge in [0, 0.05) is 0 Å². The lowest BCUT2D eigenvalue weighted by molar-refractivity contribution is 0.216. The predicted molar refractivity (Wildman–Crippen MR) is 65.7 cm³/mol. The van der Waals surface area contributed by atoms with Gasteiger partial charge >= 0.3 is 7.60 Å². The Morgan fingerprint density at radius 3 is 2.18 bits per heavy atom. The van der Waals surface area contributed by atoms with Crippen molar-refractivity contribution in [2.24, 2.45) is 0 Å². The number of benzene rings is 1. The minimum atomic E-state index is -3.41. The molecule has 0 bridgehead atoms. The highest BCUT2D eigenvalue weighted by Crippen LogP contribution is 2.60. The molecule has 0 radical (unpaired) electrons. The van der Waals surface area contributed by atoms with E-state index in [9.17, 15) is 9.83 Å².